The molecular weight excluding hydrogens is 495 g/mol. The van der Waals surface area contributed by atoms with Gasteiger partial charge in [-0.15, -0.1) is 0 Å². The fraction of sp³-hybridized carbons (Fsp3) is 0.227. The number of nitrogens with zero attached hydrogens (tertiary/aromatic N) is 1. The van der Waals surface area contributed by atoms with E-state index in [0.717, 1.165) is 4.90 Å². The van der Waals surface area contributed by atoms with Crippen molar-refractivity contribution in [3.05, 3.63) is 62.2 Å². The molecule has 3 rings (SSSR count). The third kappa shape index (κ3) is 5.90. The fourth-order valence-electron chi connectivity index (χ4n) is 2.94. The lowest BCUT2D eigenvalue weighted by molar-refractivity contribution is -0.143. The van der Waals surface area contributed by atoms with Gasteiger partial charge in [-0.05, 0) is 42.8 Å². The van der Waals surface area contributed by atoms with E-state index in [4.69, 9.17) is 44.3 Å². The van der Waals surface area contributed by atoms with Gasteiger partial charge < -0.3 is 19.5 Å². The van der Waals surface area contributed by atoms with Gasteiger partial charge in [-0.3, -0.25) is 9.59 Å². The lowest BCUT2D eigenvalue weighted by Gasteiger charge is -2.15. The number of benzene rings is 2. The average Bonchev–Trinajstić information content (AvgIpc) is 3.01. The van der Waals surface area contributed by atoms with E-state index < -0.39 is 24.5 Å². The molecule has 1 aliphatic heterocycles. The Labute approximate surface area is 204 Å². The van der Waals surface area contributed by atoms with Gasteiger partial charge in [-0.2, -0.15) is 0 Å². The largest absolute Gasteiger partial charge is 0.490 e. The summed E-state index contributed by atoms with van der Waals surface area (Å²) in [6.07, 6.45) is 1.42. The Morgan fingerprint density at radius 2 is 1.85 bits per heavy atom. The molecule has 0 spiro atoms. The molecule has 1 N–H and O–H groups in total. The first kappa shape index (κ1) is 24.7. The molecular formula is C22H19Cl3N2O6. The number of methoxy groups -OCH3 is 1. The van der Waals surface area contributed by atoms with Crippen LogP contribution in [0.15, 0.2) is 36.0 Å². The molecule has 2 aromatic rings. The summed E-state index contributed by atoms with van der Waals surface area (Å²) >= 11 is 18.6. The molecule has 2 aromatic carbocycles. The Morgan fingerprint density at radius 3 is 2.52 bits per heavy atom. The highest BCUT2D eigenvalue weighted by Crippen LogP contribution is 2.38. The van der Waals surface area contributed by atoms with Crippen LogP contribution in [0.5, 0.6) is 11.5 Å². The van der Waals surface area contributed by atoms with Crippen molar-refractivity contribution in [2.24, 2.45) is 0 Å². The van der Waals surface area contributed by atoms with Crippen LogP contribution in [0.2, 0.25) is 15.1 Å². The van der Waals surface area contributed by atoms with Gasteiger partial charge >= 0.3 is 12.0 Å². The number of urea groups is 1. The lowest BCUT2D eigenvalue weighted by atomic mass is 10.1. The van der Waals surface area contributed by atoms with Crippen LogP contribution in [0.4, 0.5) is 4.79 Å². The summed E-state index contributed by atoms with van der Waals surface area (Å²) < 4.78 is 16.0. The summed E-state index contributed by atoms with van der Waals surface area (Å²) in [7, 11) is 1.17. The zero-order valence-electron chi connectivity index (χ0n) is 17.6. The predicted octanol–water partition coefficient (Wildman–Crippen LogP) is 4.69. The molecule has 0 aromatic heterocycles. The normalized spacial score (nSPS) is 14.5. The van der Waals surface area contributed by atoms with E-state index in [9.17, 15) is 14.4 Å². The quantitative estimate of drug-likeness (QED) is 0.313. The van der Waals surface area contributed by atoms with Crippen LogP contribution in [-0.4, -0.2) is 43.1 Å². The smallest absolute Gasteiger partial charge is 0.329 e. The topological polar surface area (TPSA) is 94.2 Å². The van der Waals surface area contributed by atoms with Gasteiger partial charge in [0.1, 0.15) is 18.8 Å². The number of nitrogens with one attached hydrogen (secondary N) is 1. The van der Waals surface area contributed by atoms with Gasteiger partial charge in [0.05, 0.1) is 18.7 Å². The molecule has 1 fully saturated rings. The standard InChI is InChI=1S/C22H19Cl3N2O6/c1-3-32-18-8-12(7-17-21(29)27(22(30)26-17)10-19(28)31-2)6-16(25)20(18)33-11-13-4-5-14(23)9-15(13)24/h4-9H,3,10-11H2,1-2H3,(H,26,30)/b17-7+. The predicted molar refractivity (Wildman–Crippen MR) is 124 cm³/mol. The Morgan fingerprint density at radius 1 is 1.09 bits per heavy atom. The van der Waals surface area contributed by atoms with Gasteiger partial charge in [-0.1, -0.05) is 40.9 Å². The van der Waals surface area contributed by atoms with Crippen molar-refractivity contribution in [1.29, 1.82) is 0 Å². The molecule has 0 radical (unpaired) electrons. The highest BCUT2D eigenvalue weighted by atomic mass is 35.5. The fourth-order valence-corrected chi connectivity index (χ4v) is 3.68. The van der Waals surface area contributed by atoms with E-state index in [1.54, 1.807) is 37.3 Å². The molecule has 3 amide bonds. The van der Waals surface area contributed by atoms with Crippen LogP contribution in [-0.2, 0) is 20.9 Å². The monoisotopic (exact) mass is 512 g/mol. The molecule has 0 bridgehead atoms. The maximum absolute atomic E-state index is 12.5. The number of hydrogen-bond acceptors (Lipinski definition) is 6. The average molecular weight is 514 g/mol. The first-order valence-corrected chi connectivity index (χ1v) is 10.8. The summed E-state index contributed by atoms with van der Waals surface area (Å²) in [6.45, 7) is 1.75. The van der Waals surface area contributed by atoms with E-state index >= 15 is 0 Å². The van der Waals surface area contributed by atoms with Crippen LogP contribution in [0.3, 0.4) is 0 Å². The van der Waals surface area contributed by atoms with Gasteiger partial charge in [0.15, 0.2) is 11.5 Å². The number of carbonyl (C=O) groups is 3. The second-order valence-electron chi connectivity index (χ2n) is 6.74. The maximum Gasteiger partial charge on any atom is 0.329 e. The van der Waals surface area contributed by atoms with Crippen molar-refractivity contribution in [2.45, 2.75) is 13.5 Å². The summed E-state index contributed by atoms with van der Waals surface area (Å²) in [5, 5.41) is 3.60. The van der Waals surface area contributed by atoms with Crippen LogP contribution in [0, 0.1) is 0 Å². The van der Waals surface area contributed by atoms with Crippen molar-refractivity contribution in [3.63, 3.8) is 0 Å². The minimum Gasteiger partial charge on any atom is -0.490 e. The van der Waals surface area contributed by atoms with Crippen LogP contribution in [0.25, 0.3) is 6.08 Å². The number of amides is 3. The first-order chi connectivity index (χ1) is 15.7. The summed E-state index contributed by atoms with van der Waals surface area (Å²) in [5.41, 5.74) is 1.16. The molecule has 1 heterocycles. The van der Waals surface area contributed by atoms with Gasteiger partial charge in [0, 0.05) is 15.6 Å². The van der Waals surface area contributed by atoms with Gasteiger partial charge in [0.25, 0.3) is 5.91 Å². The van der Waals surface area contributed by atoms with E-state index in [2.05, 4.69) is 10.1 Å². The molecule has 0 aliphatic carbocycles. The van der Waals surface area contributed by atoms with Crippen molar-refractivity contribution < 1.29 is 28.6 Å². The van der Waals surface area contributed by atoms with E-state index in [-0.39, 0.29) is 17.3 Å². The number of hydrogen-bond donors (Lipinski definition) is 1. The Bertz CT molecular complexity index is 1140. The Balaban J connectivity index is 1.85. The van der Waals surface area contributed by atoms with E-state index in [1.807, 2.05) is 0 Å². The number of halogens is 3. The zero-order chi connectivity index (χ0) is 24.1. The van der Waals surface area contributed by atoms with Crippen molar-refractivity contribution >= 4 is 58.8 Å². The second-order valence-corrected chi connectivity index (χ2v) is 7.99. The van der Waals surface area contributed by atoms with Gasteiger partial charge in [0.2, 0.25) is 0 Å². The number of rotatable bonds is 8. The highest BCUT2D eigenvalue weighted by molar-refractivity contribution is 6.35. The first-order valence-electron chi connectivity index (χ1n) is 9.68. The van der Waals surface area contributed by atoms with Crippen molar-refractivity contribution in [3.8, 4) is 11.5 Å². The highest BCUT2D eigenvalue weighted by Gasteiger charge is 2.35. The van der Waals surface area contributed by atoms with Crippen molar-refractivity contribution in [1.82, 2.24) is 10.2 Å². The third-order valence-corrected chi connectivity index (χ3v) is 5.37. The van der Waals surface area contributed by atoms with Gasteiger partial charge in [-0.25, -0.2) is 9.69 Å². The molecule has 11 heteroatoms. The third-order valence-electron chi connectivity index (χ3n) is 4.51. The molecule has 33 heavy (non-hydrogen) atoms. The van der Waals surface area contributed by atoms with Crippen LogP contribution < -0.4 is 14.8 Å². The number of imide groups is 1. The molecule has 0 atom stereocenters. The van der Waals surface area contributed by atoms with E-state index in [1.165, 1.54) is 13.2 Å². The number of ether oxygens (including phenoxy) is 3. The van der Waals surface area contributed by atoms with E-state index in [0.29, 0.717) is 39.3 Å². The molecule has 0 unspecified atom stereocenters. The minimum absolute atomic E-state index is 0.0240. The maximum atomic E-state index is 12.5. The molecule has 174 valence electrons. The van der Waals surface area contributed by atoms with Crippen LogP contribution >= 0.6 is 34.8 Å². The molecule has 1 aliphatic rings. The number of carbonyl (C=O) groups excluding carboxylic acids is 3. The summed E-state index contributed by atoms with van der Waals surface area (Å²) in [6, 6.07) is 7.49. The molecule has 8 nitrogen and oxygen atoms in total. The van der Waals surface area contributed by atoms with Crippen LogP contribution in [0.1, 0.15) is 18.1 Å². The number of esters is 1. The van der Waals surface area contributed by atoms with Crippen molar-refractivity contribution in [2.75, 3.05) is 20.3 Å². The molecule has 1 saturated heterocycles. The lowest BCUT2D eigenvalue weighted by Crippen LogP contribution is -2.36. The zero-order valence-corrected chi connectivity index (χ0v) is 19.9. The Kier molecular flexibility index (Phi) is 8.07. The second kappa shape index (κ2) is 10.8. The SMILES string of the molecule is CCOc1cc(/C=C2/NC(=O)N(CC(=O)OC)C2=O)cc(Cl)c1OCc1ccc(Cl)cc1Cl. The summed E-state index contributed by atoms with van der Waals surface area (Å²) in [4.78, 5) is 36.7. The molecule has 0 saturated carbocycles. The Hall–Kier alpha value is -2.94. The summed E-state index contributed by atoms with van der Waals surface area (Å²) in [5.74, 6) is -0.758. The minimum atomic E-state index is -0.729.